The normalized spacial score (nSPS) is 11.4. The maximum atomic E-state index is 13.4. The van der Waals surface area contributed by atoms with E-state index in [1.54, 1.807) is 0 Å². The van der Waals surface area contributed by atoms with Gasteiger partial charge in [0, 0.05) is 19.2 Å². The standard InChI is InChI=1S/C14H19F2NO2/c1-14(2,5-6-18)9-17-13(19)7-10-3-4-11(15)8-12(10)16/h3-4,8,18H,5-7,9H2,1-2H3,(H,17,19). The summed E-state index contributed by atoms with van der Waals surface area (Å²) in [5, 5.41) is 11.6. The Morgan fingerprint density at radius 3 is 2.63 bits per heavy atom. The largest absolute Gasteiger partial charge is 0.396 e. The van der Waals surface area contributed by atoms with Crippen LogP contribution < -0.4 is 5.32 Å². The van der Waals surface area contributed by atoms with Gasteiger partial charge in [-0.25, -0.2) is 8.78 Å². The van der Waals surface area contributed by atoms with Crippen LogP contribution >= 0.6 is 0 Å². The number of aliphatic hydroxyl groups is 1. The molecule has 0 heterocycles. The Hall–Kier alpha value is -1.49. The zero-order valence-corrected chi connectivity index (χ0v) is 11.2. The predicted molar refractivity (Wildman–Crippen MR) is 68.6 cm³/mol. The summed E-state index contributed by atoms with van der Waals surface area (Å²) >= 11 is 0. The maximum absolute atomic E-state index is 13.4. The first-order valence-corrected chi connectivity index (χ1v) is 6.15. The van der Waals surface area contributed by atoms with E-state index < -0.39 is 11.6 Å². The molecule has 0 atom stereocenters. The Bertz CT molecular complexity index is 447. The van der Waals surface area contributed by atoms with Gasteiger partial charge in [0.15, 0.2) is 0 Å². The summed E-state index contributed by atoms with van der Waals surface area (Å²) in [6, 6.07) is 3.16. The summed E-state index contributed by atoms with van der Waals surface area (Å²) in [6.45, 7) is 4.29. The van der Waals surface area contributed by atoms with Gasteiger partial charge < -0.3 is 10.4 Å². The number of hydrogen-bond acceptors (Lipinski definition) is 2. The van der Waals surface area contributed by atoms with Crippen LogP contribution in [0.2, 0.25) is 0 Å². The van der Waals surface area contributed by atoms with E-state index in [1.807, 2.05) is 13.8 Å². The molecule has 3 nitrogen and oxygen atoms in total. The lowest BCUT2D eigenvalue weighted by Gasteiger charge is -2.23. The van der Waals surface area contributed by atoms with E-state index >= 15 is 0 Å². The van der Waals surface area contributed by atoms with Gasteiger partial charge in [-0.15, -0.1) is 0 Å². The SMILES string of the molecule is CC(C)(CCO)CNC(=O)Cc1ccc(F)cc1F. The first-order chi connectivity index (χ1) is 8.84. The van der Waals surface area contributed by atoms with Crippen LogP contribution in [-0.4, -0.2) is 24.2 Å². The maximum Gasteiger partial charge on any atom is 0.224 e. The van der Waals surface area contributed by atoms with Crippen molar-refractivity contribution in [1.82, 2.24) is 5.32 Å². The van der Waals surface area contributed by atoms with Gasteiger partial charge in [0.25, 0.3) is 0 Å². The number of amides is 1. The number of halogens is 2. The van der Waals surface area contributed by atoms with Crippen molar-refractivity contribution in [2.45, 2.75) is 26.7 Å². The molecule has 0 fully saturated rings. The van der Waals surface area contributed by atoms with Crippen molar-refractivity contribution in [2.24, 2.45) is 5.41 Å². The van der Waals surface area contributed by atoms with Gasteiger partial charge in [0.1, 0.15) is 11.6 Å². The van der Waals surface area contributed by atoms with Crippen molar-refractivity contribution < 1.29 is 18.7 Å². The minimum Gasteiger partial charge on any atom is -0.396 e. The third kappa shape index (κ3) is 5.34. The Labute approximate surface area is 111 Å². The van der Waals surface area contributed by atoms with E-state index in [2.05, 4.69) is 5.32 Å². The van der Waals surface area contributed by atoms with Crippen molar-refractivity contribution in [1.29, 1.82) is 0 Å². The highest BCUT2D eigenvalue weighted by atomic mass is 19.1. The Morgan fingerprint density at radius 1 is 1.37 bits per heavy atom. The number of nitrogens with one attached hydrogen (secondary N) is 1. The van der Waals surface area contributed by atoms with Gasteiger partial charge in [0.2, 0.25) is 5.91 Å². The fourth-order valence-corrected chi connectivity index (χ4v) is 1.63. The third-order valence-electron chi connectivity index (χ3n) is 2.92. The van der Waals surface area contributed by atoms with Crippen LogP contribution in [0.5, 0.6) is 0 Å². The molecule has 106 valence electrons. The number of carbonyl (C=O) groups excluding carboxylic acids is 1. The summed E-state index contributed by atoms with van der Waals surface area (Å²) in [6.07, 6.45) is 0.444. The molecule has 0 aliphatic heterocycles. The van der Waals surface area contributed by atoms with E-state index in [9.17, 15) is 13.6 Å². The van der Waals surface area contributed by atoms with Gasteiger partial charge in [-0.1, -0.05) is 19.9 Å². The lowest BCUT2D eigenvalue weighted by Crippen LogP contribution is -2.35. The third-order valence-corrected chi connectivity index (χ3v) is 2.92. The Kier molecular flexibility index (Phi) is 5.42. The molecule has 0 aliphatic rings. The fourth-order valence-electron chi connectivity index (χ4n) is 1.63. The van der Waals surface area contributed by atoms with E-state index in [-0.39, 0.29) is 29.9 Å². The molecule has 0 bridgehead atoms. The smallest absolute Gasteiger partial charge is 0.224 e. The fraction of sp³-hybridized carbons (Fsp3) is 0.500. The lowest BCUT2D eigenvalue weighted by molar-refractivity contribution is -0.121. The van der Waals surface area contributed by atoms with Crippen LogP contribution in [0.25, 0.3) is 0 Å². The highest BCUT2D eigenvalue weighted by Gasteiger charge is 2.18. The molecule has 0 spiro atoms. The quantitative estimate of drug-likeness (QED) is 0.831. The Morgan fingerprint density at radius 2 is 2.05 bits per heavy atom. The van der Waals surface area contributed by atoms with Crippen molar-refractivity contribution in [3.63, 3.8) is 0 Å². The van der Waals surface area contributed by atoms with Crippen LogP contribution in [0.15, 0.2) is 18.2 Å². The molecule has 5 heteroatoms. The molecule has 0 saturated carbocycles. The minimum atomic E-state index is -0.718. The van der Waals surface area contributed by atoms with Crippen LogP contribution in [0.3, 0.4) is 0 Å². The summed E-state index contributed by atoms with van der Waals surface area (Å²) in [5.41, 5.74) is -0.0509. The van der Waals surface area contributed by atoms with Crippen molar-refractivity contribution in [3.05, 3.63) is 35.4 Å². The van der Waals surface area contributed by atoms with Crippen molar-refractivity contribution in [2.75, 3.05) is 13.2 Å². The molecule has 0 saturated heterocycles. The van der Waals surface area contributed by atoms with Gasteiger partial charge in [-0.2, -0.15) is 0 Å². The Balaban J connectivity index is 2.52. The van der Waals surface area contributed by atoms with Gasteiger partial charge >= 0.3 is 0 Å². The van der Waals surface area contributed by atoms with Crippen LogP contribution in [0, 0.1) is 17.0 Å². The number of rotatable bonds is 6. The molecule has 2 N–H and O–H groups in total. The predicted octanol–water partition coefficient (Wildman–Crippen LogP) is 2.03. The first kappa shape index (κ1) is 15.6. The molecule has 1 aromatic rings. The second-order valence-electron chi connectivity index (χ2n) is 5.33. The number of benzene rings is 1. The molecule has 1 rings (SSSR count). The number of carbonyl (C=O) groups is 1. The molecule has 0 aromatic heterocycles. The molecule has 1 amide bonds. The summed E-state index contributed by atoms with van der Waals surface area (Å²) in [7, 11) is 0. The average Bonchev–Trinajstić information content (AvgIpc) is 2.30. The molecule has 19 heavy (non-hydrogen) atoms. The molecule has 0 radical (unpaired) electrons. The second kappa shape index (κ2) is 6.61. The summed E-state index contributed by atoms with van der Waals surface area (Å²) < 4.78 is 26.1. The molecular weight excluding hydrogens is 252 g/mol. The van der Waals surface area contributed by atoms with E-state index in [1.165, 1.54) is 6.07 Å². The van der Waals surface area contributed by atoms with Crippen LogP contribution in [0.4, 0.5) is 8.78 Å². The van der Waals surface area contributed by atoms with Gasteiger partial charge in [-0.3, -0.25) is 4.79 Å². The molecule has 0 unspecified atom stereocenters. The second-order valence-corrected chi connectivity index (χ2v) is 5.33. The van der Waals surface area contributed by atoms with E-state index in [0.29, 0.717) is 13.0 Å². The zero-order valence-electron chi connectivity index (χ0n) is 11.2. The van der Waals surface area contributed by atoms with Crippen LogP contribution in [0.1, 0.15) is 25.8 Å². The monoisotopic (exact) mass is 271 g/mol. The highest BCUT2D eigenvalue weighted by Crippen LogP contribution is 2.18. The topological polar surface area (TPSA) is 49.3 Å². The van der Waals surface area contributed by atoms with Gasteiger partial charge in [-0.05, 0) is 23.5 Å². The summed E-state index contributed by atoms with van der Waals surface area (Å²) in [5.74, 6) is -1.70. The number of hydrogen-bond donors (Lipinski definition) is 2. The minimum absolute atomic E-state index is 0.0511. The van der Waals surface area contributed by atoms with Crippen molar-refractivity contribution >= 4 is 5.91 Å². The summed E-state index contributed by atoms with van der Waals surface area (Å²) in [4.78, 5) is 11.7. The van der Waals surface area contributed by atoms with E-state index in [4.69, 9.17) is 5.11 Å². The van der Waals surface area contributed by atoms with Crippen molar-refractivity contribution in [3.8, 4) is 0 Å². The molecule has 0 aliphatic carbocycles. The van der Waals surface area contributed by atoms with Gasteiger partial charge in [0.05, 0.1) is 6.42 Å². The molecular formula is C14H19F2NO2. The average molecular weight is 271 g/mol. The zero-order chi connectivity index (χ0) is 14.5. The lowest BCUT2D eigenvalue weighted by atomic mass is 9.89. The molecule has 1 aromatic carbocycles. The highest BCUT2D eigenvalue weighted by molar-refractivity contribution is 5.78. The van der Waals surface area contributed by atoms with E-state index in [0.717, 1.165) is 12.1 Å². The number of aliphatic hydroxyl groups excluding tert-OH is 1. The first-order valence-electron chi connectivity index (χ1n) is 6.15. The van der Waals surface area contributed by atoms with Crippen LogP contribution in [-0.2, 0) is 11.2 Å².